The van der Waals surface area contributed by atoms with Crippen LogP contribution in [0.2, 0.25) is 0 Å². The standard InChI is InChI=1S/C14H15N5.ClH/c15-13(16)18-14(17)19(11-7-3-1-4-8-11)12-9-5-2-6-10-12;/h1-10H,(H5,15,16,17,18);1H. The van der Waals surface area contributed by atoms with Gasteiger partial charge in [0, 0.05) is 11.4 Å². The molecule has 5 N–H and O–H groups in total. The molecule has 0 heterocycles. The molecule has 0 unspecified atom stereocenters. The zero-order valence-electron chi connectivity index (χ0n) is 10.7. The molecule has 104 valence electrons. The van der Waals surface area contributed by atoms with Crippen LogP contribution >= 0.6 is 12.4 Å². The maximum absolute atomic E-state index is 8.03. The SMILES string of the molecule is Cl.N=C(N=C(N)N)N(c1ccccc1)c1ccccc1. The van der Waals surface area contributed by atoms with Crippen molar-refractivity contribution in [3.8, 4) is 0 Å². The Labute approximate surface area is 123 Å². The summed E-state index contributed by atoms with van der Waals surface area (Å²) >= 11 is 0. The number of hydrogen-bond acceptors (Lipinski definition) is 1. The third kappa shape index (κ3) is 3.73. The summed E-state index contributed by atoms with van der Waals surface area (Å²) in [7, 11) is 0. The zero-order chi connectivity index (χ0) is 13.7. The second-order valence-corrected chi connectivity index (χ2v) is 3.87. The number of para-hydroxylation sites is 2. The van der Waals surface area contributed by atoms with Gasteiger partial charge >= 0.3 is 0 Å². The van der Waals surface area contributed by atoms with Gasteiger partial charge < -0.3 is 11.5 Å². The number of anilines is 2. The van der Waals surface area contributed by atoms with Crippen molar-refractivity contribution < 1.29 is 0 Å². The second kappa shape index (κ2) is 7.16. The minimum atomic E-state index is -0.137. The molecule has 0 atom stereocenters. The molecule has 0 bridgehead atoms. The number of nitrogens with two attached hydrogens (primary N) is 2. The molecule has 0 saturated carbocycles. The van der Waals surface area contributed by atoms with Crippen LogP contribution in [0.1, 0.15) is 0 Å². The van der Waals surface area contributed by atoms with Crippen molar-refractivity contribution in [3.63, 3.8) is 0 Å². The molecule has 0 radical (unpaired) electrons. The predicted octanol–water partition coefficient (Wildman–Crippen LogP) is 2.45. The number of hydrogen-bond donors (Lipinski definition) is 3. The normalized spacial score (nSPS) is 9.20. The number of benzene rings is 2. The van der Waals surface area contributed by atoms with Gasteiger partial charge in [0.05, 0.1) is 0 Å². The van der Waals surface area contributed by atoms with Gasteiger partial charge in [-0.3, -0.25) is 10.3 Å². The summed E-state index contributed by atoms with van der Waals surface area (Å²) in [5, 5.41) is 8.03. The summed E-state index contributed by atoms with van der Waals surface area (Å²) in [6.45, 7) is 0. The van der Waals surface area contributed by atoms with E-state index in [2.05, 4.69) is 4.99 Å². The number of nitrogens with one attached hydrogen (secondary N) is 1. The van der Waals surface area contributed by atoms with Crippen molar-refractivity contribution in [1.82, 2.24) is 0 Å². The van der Waals surface area contributed by atoms with E-state index in [0.29, 0.717) is 0 Å². The van der Waals surface area contributed by atoms with Crippen molar-refractivity contribution in [1.29, 1.82) is 5.41 Å². The third-order valence-corrected chi connectivity index (χ3v) is 2.48. The first-order valence-electron chi connectivity index (χ1n) is 5.77. The van der Waals surface area contributed by atoms with Gasteiger partial charge in [0.15, 0.2) is 5.96 Å². The van der Waals surface area contributed by atoms with Crippen LogP contribution in [0.15, 0.2) is 65.7 Å². The summed E-state index contributed by atoms with van der Waals surface area (Å²) in [6, 6.07) is 19.0. The average molecular weight is 290 g/mol. The van der Waals surface area contributed by atoms with Crippen LogP contribution in [-0.2, 0) is 0 Å². The van der Waals surface area contributed by atoms with E-state index >= 15 is 0 Å². The van der Waals surface area contributed by atoms with Crippen molar-refractivity contribution in [3.05, 3.63) is 60.7 Å². The van der Waals surface area contributed by atoms with Gasteiger partial charge in [-0.2, -0.15) is 4.99 Å². The number of rotatable bonds is 2. The lowest BCUT2D eigenvalue weighted by Crippen LogP contribution is -2.30. The van der Waals surface area contributed by atoms with E-state index < -0.39 is 0 Å². The quantitative estimate of drug-likeness (QED) is 0.586. The molecule has 0 spiro atoms. The maximum Gasteiger partial charge on any atom is 0.230 e. The van der Waals surface area contributed by atoms with E-state index in [1.54, 1.807) is 4.90 Å². The Morgan fingerprint density at radius 3 is 1.60 bits per heavy atom. The van der Waals surface area contributed by atoms with Gasteiger partial charge in [0.25, 0.3) is 0 Å². The fraction of sp³-hybridized carbons (Fsp3) is 0. The molecular weight excluding hydrogens is 274 g/mol. The Morgan fingerprint density at radius 2 is 1.25 bits per heavy atom. The Balaban J connectivity index is 0.00000200. The van der Waals surface area contributed by atoms with E-state index in [4.69, 9.17) is 16.9 Å². The zero-order valence-corrected chi connectivity index (χ0v) is 11.5. The van der Waals surface area contributed by atoms with Gasteiger partial charge in [0.2, 0.25) is 5.96 Å². The van der Waals surface area contributed by atoms with Crippen molar-refractivity contribution >= 4 is 35.7 Å². The van der Waals surface area contributed by atoms with E-state index in [0.717, 1.165) is 11.4 Å². The first-order valence-corrected chi connectivity index (χ1v) is 5.77. The molecule has 2 aromatic carbocycles. The van der Waals surface area contributed by atoms with Crippen LogP contribution in [0, 0.1) is 5.41 Å². The lowest BCUT2D eigenvalue weighted by Gasteiger charge is -2.22. The molecule has 2 rings (SSSR count). The smallest absolute Gasteiger partial charge is 0.230 e. The third-order valence-electron chi connectivity index (χ3n) is 2.48. The van der Waals surface area contributed by atoms with Crippen LogP contribution in [0.25, 0.3) is 0 Å². The van der Waals surface area contributed by atoms with E-state index in [1.165, 1.54) is 0 Å². The van der Waals surface area contributed by atoms with Gasteiger partial charge in [0.1, 0.15) is 0 Å². The summed E-state index contributed by atoms with van der Waals surface area (Å²) in [4.78, 5) is 5.48. The highest BCUT2D eigenvalue weighted by Crippen LogP contribution is 2.25. The topological polar surface area (TPSA) is 91.5 Å². The van der Waals surface area contributed by atoms with Gasteiger partial charge in [-0.1, -0.05) is 36.4 Å². The van der Waals surface area contributed by atoms with Crippen LogP contribution in [-0.4, -0.2) is 11.9 Å². The fourth-order valence-electron chi connectivity index (χ4n) is 1.72. The number of nitrogens with zero attached hydrogens (tertiary/aromatic N) is 2. The molecule has 0 fully saturated rings. The molecule has 0 amide bonds. The van der Waals surface area contributed by atoms with Crippen molar-refractivity contribution in [2.45, 2.75) is 0 Å². The summed E-state index contributed by atoms with van der Waals surface area (Å²) in [5.74, 6) is -0.167. The number of halogens is 1. The summed E-state index contributed by atoms with van der Waals surface area (Å²) in [6.07, 6.45) is 0. The largest absolute Gasteiger partial charge is 0.370 e. The Bertz CT molecular complexity index is 540. The highest BCUT2D eigenvalue weighted by atomic mass is 35.5. The monoisotopic (exact) mass is 289 g/mol. The van der Waals surface area contributed by atoms with Crippen LogP contribution < -0.4 is 16.4 Å². The summed E-state index contributed by atoms with van der Waals surface area (Å²) in [5.41, 5.74) is 12.3. The molecule has 0 aliphatic carbocycles. The molecule has 0 aromatic heterocycles. The first kappa shape index (κ1) is 15.5. The lowest BCUT2D eigenvalue weighted by molar-refractivity contribution is 1.24. The van der Waals surface area contributed by atoms with Crippen molar-refractivity contribution in [2.75, 3.05) is 4.90 Å². The molecule has 20 heavy (non-hydrogen) atoms. The summed E-state index contributed by atoms with van der Waals surface area (Å²) < 4.78 is 0. The minimum Gasteiger partial charge on any atom is -0.370 e. The highest BCUT2D eigenvalue weighted by Gasteiger charge is 2.13. The van der Waals surface area contributed by atoms with Crippen LogP contribution in [0.5, 0.6) is 0 Å². The molecule has 0 aliphatic rings. The van der Waals surface area contributed by atoms with Gasteiger partial charge in [-0.25, -0.2) is 0 Å². The van der Waals surface area contributed by atoms with Crippen LogP contribution in [0.3, 0.4) is 0 Å². The maximum atomic E-state index is 8.03. The highest BCUT2D eigenvalue weighted by molar-refractivity contribution is 6.06. The number of aliphatic imine (C=N–C) groups is 1. The average Bonchev–Trinajstić information content (AvgIpc) is 2.40. The molecule has 6 heteroatoms. The van der Waals surface area contributed by atoms with Gasteiger partial charge in [-0.15, -0.1) is 12.4 Å². The minimum absolute atomic E-state index is 0. The predicted molar refractivity (Wildman–Crippen MR) is 85.8 cm³/mol. The second-order valence-electron chi connectivity index (χ2n) is 3.87. The molecule has 0 aliphatic heterocycles. The molecular formula is C14H16ClN5. The Kier molecular flexibility index (Phi) is 5.56. The Morgan fingerprint density at radius 1 is 0.850 bits per heavy atom. The fourth-order valence-corrected chi connectivity index (χ4v) is 1.72. The lowest BCUT2D eigenvalue weighted by atomic mass is 10.2. The van der Waals surface area contributed by atoms with Crippen molar-refractivity contribution in [2.24, 2.45) is 16.5 Å². The van der Waals surface area contributed by atoms with E-state index in [1.807, 2.05) is 60.7 Å². The van der Waals surface area contributed by atoms with E-state index in [9.17, 15) is 0 Å². The van der Waals surface area contributed by atoms with E-state index in [-0.39, 0.29) is 24.3 Å². The Hall–Kier alpha value is -2.53. The molecule has 0 saturated heterocycles. The molecule has 5 nitrogen and oxygen atoms in total. The molecule has 2 aromatic rings. The van der Waals surface area contributed by atoms with Gasteiger partial charge in [-0.05, 0) is 24.3 Å². The van der Waals surface area contributed by atoms with Crippen LogP contribution in [0.4, 0.5) is 11.4 Å². The number of guanidine groups is 2. The first-order chi connectivity index (χ1) is 9.18.